The molecule has 2 heterocycles. The van der Waals surface area contributed by atoms with E-state index < -0.39 is 4.92 Å². The van der Waals surface area contributed by atoms with Gasteiger partial charge in [-0.25, -0.2) is 0 Å². The third-order valence-corrected chi connectivity index (χ3v) is 4.68. The maximum absolute atomic E-state index is 11.8. The zero-order chi connectivity index (χ0) is 19.6. The fourth-order valence-electron chi connectivity index (χ4n) is 3.16. The number of hydrogen-bond donors (Lipinski definition) is 1. The summed E-state index contributed by atoms with van der Waals surface area (Å²) in [5.74, 6) is 0.916. The van der Waals surface area contributed by atoms with E-state index in [-0.39, 0.29) is 23.1 Å². The lowest BCUT2D eigenvalue weighted by Gasteiger charge is -2.31. The summed E-state index contributed by atoms with van der Waals surface area (Å²) >= 11 is 0. The van der Waals surface area contributed by atoms with Crippen molar-refractivity contribution in [1.82, 2.24) is 15.5 Å². The van der Waals surface area contributed by atoms with E-state index in [4.69, 9.17) is 4.52 Å². The molecule has 0 bridgehead atoms. The average molecular weight is 374 g/mol. The first-order chi connectivity index (χ1) is 12.9. The number of aromatic nitrogens is 2. The van der Waals surface area contributed by atoms with E-state index >= 15 is 0 Å². The highest BCUT2D eigenvalue weighted by Gasteiger charge is 2.29. The largest absolute Gasteiger partial charge is 0.366 e. The molecular weight excluding hydrogens is 352 g/mol. The van der Waals surface area contributed by atoms with Crippen LogP contribution in [0.4, 0.5) is 17.3 Å². The second-order valence-corrected chi connectivity index (χ2v) is 6.63. The van der Waals surface area contributed by atoms with Gasteiger partial charge in [-0.15, -0.1) is 0 Å². The second kappa shape index (κ2) is 7.60. The summed E-state index contributed by atoms with van der Waals surface area (Å²) in [4.78, 5) is 30.9. The number of benzene rings is 1. The molecule has 1 aliphatic rings. The van der Waals surface area contributed by atoms with Gasteiger partial charge in [0.25, 0.3) is 17.5 Å². The Bertz CT molecular complexity index is 842. The Labute approximate surface area is 156 Å². The number of anilines is 2. The predicted octanol–water partition coefficient (Wildman–Crippen LogP) is 1.79. The van der Waals surface area contributed by atoms with E-state index in [1.165, 1.54) is 13.1 Å². The molecule has 10 heteroatoms. The van der Waals surface area contributed by atoms with E-state index in [2.05, 4.69) is 15.5 Å². The molecule has 1 aliphatic heterocycles. The van der Waals surface area contributed by atoms with Crippen molar-refractivity contribution in [3.8, 4) is 0 Å². The van der Waals surface area contributed by atoms with E-state index in [0.717, 1.165) is 12.8 Å². The Hall–Kier alpha value is -3.17. The molecule has 0 radical (unpaired) electrons. The number of carbonyl (C=O) groups is 1. The maximum Gasteiger partial charge on any atom is 0.293 e. The number of amides is 1. The molecule has 2 aromatic rings. The van der Waals surface area contributed by atoms with Gasteiger partial charge < -0.3 is 19.6 Å². The van der Waals surface area contributed by atoms with Gasteiger partial charge in [0.05, 0.1) is 4.92 Å². The molecule has 27 heavy (non-hydrogen) atoms. The minimum absolute atomic E-state index is 0.0674. The van der Waals surface area contributed by atoms with Crippen molar-refractivity contribution in [3.05, 3.63) is 39.8 Å². The standard InChI is InChI=1S/C17H22N6O4/c1-18-15(24)12-4-5-13(14(10-12)23(25)26)22-8-6-11(7-9-22)16-19-17(20-27-16)21(2)3/h4-5,10-11H,6-9H2,1-3H3,(H,18,24). The lowest BCUT2D eigenvalue weighted by atomic mass is 9.96. The lowest BCUT2D eigenvalue weighted by molar-refractivity contribution is -0.384. The molecule has 0 atom stereocenters. The van der Waals surface area contributed by atoms with Crippen LogP contribution in [0.25, 0.3) is 0 Å². The van der Waals surface area contributed by atoms with Crippen LogP contribution in [-0.4, -0.2) is 55.2 Å². The maximum atomic E-state index is 11.8. The number of nitrogens with one attached hydrogen (secondary N) is 1. The molecule has 1 aromatic heterocycles. The molecule has 1 fully saturated rings. The van der Waals surface area contributed by atoms with Gasteiger partial charge in [0, 0.05) is 51.8 Å². The Morgan fingerprint density at radius 2 is 2.07 bits per heavy atom. The molecule has 0 spiro atoms. The van der Waals surface area contributed by atoms with Crippen LogP contribution in [0.1, 0.15) is 35.0 Å². The van der Waals surface area contributed by atoms with Crippen molar-refractivity contribution >= 4 is 23.2 Å². The van der Waals surface area contributed by atoms with Gasteiger partial charge in [-0.3, -0.25) is 14.9 Å². The molecule has 10 nitrogen and oxygen atoms in total. The number of nitro groups is 1. The average Bonchev–Trinajstić information content (AvgIpc) is 3.17. The third-order valence-electron chi connectivity index (χ3n) is 4.68. The second-order valence-electron chi connectivity index (χ2n) is 6.63. The summed E-state index contributed by atoms with van der Waals surface area (Å²) in [7, 11) is 5.18. The summed E-state index contributed by atoms with van der Waals surface area (Å²) < 4.78 is 5.35. The van der Waals surface area contributed by atoms with E-state index in [1.807, 2.05) is 19.0 Å². The van der Waals surface area contributed by atoms with Crippen LogP contribution in [-0.2, 0) is 0 Å². The number of piperidine rings is 1. The predicted molar refractivity (Wildman–Crippen MR) is 99.3 cm³/mol. The molecule has 0 unspecified atom stereocenters. The quantitative estimate of drug-likeness (QED) is 0.622. The fraction of sp³-hybridized carbons (Fsp3) is 0.471. The SMILES string of the molecule is CNC(=O)c1ccc(N2CCC(c3nc(N(C)C)no3)CC2)c([N+](=O)[O-])c1. The molecule has 1 amide bonds. The normalized spacial score (nSPS) is 14.9. The zero-order valence-electron chi connectivity index (χ0n) is 15.5. The van der Waals surface area contributed by atoms with Gasteiger partial charge in [0.1, 0.15) is 5.69 Å². The Balaban J connectivity index is 1.75. The minimum atomic E-state index is -0.449. The van der Waals surface area contributed by atoms with Crippen molar-refractivity contribution < 1.29 is 14.2 Å². The molecule has 144 valence electrons. The molecule has 3 rings (SSSR count). The van der Waals surface area contributed by atoms with Crippen LogP contribution in [0.5, 0.6) is 0 Å². The number of carbonyl (C=O) groups excluding carboxylic acids is 1. The first-order valence-electron chi connectivity index (χ1n) is 8.67. The van der Waals surface area contributed by atoms with Crippen LogP contribution >= 0.6 is 0 Å². The van der Waals surface area contributed by atoms with Gasteiger partial charge in [-0.1, -0.05) is 0 Å². The minimum Gasteiger partial charge on any atom is -0.366 e. The highest BCUT2D eigenvalue weighted by molar-refractivity contribution is 5.95. The summed E-state index contributed by atoms with van der Waals surface area (Å²) in [6.45, 7) is 1.26. The Morgan fingerprint density at radius 3 is 2.63 bits per heavy atom. The lowest BCUT2D eigenvalue weighted by Crippen LogP contribution is -2.33. The van der Waals surface area contributed by atoms with Crippen LogP contribution in [0.3, 0.4) is 0 Å². The molecule has 0 aliphatic carbocycles. The van der Waals surface area contributed by atoms with Gasteiger partial charge >= 0.3 is 0 Å². The van der Waals surface area contributed by atoms with E-state index in [0.29, 0.717) is 30.6 Å². The molecule has 1 saturated heterocycles. The van der Waals surface area contributed by atoms with Gasteiger partial charge in [-0.2, -0.15) is 4.98 Å². The first-order valence-corrected chi connectivity index (χ1v) is 8.67. The summed E-state index contributed by atoms with van der Waals surface area (Å²) in [5.41, 5.74) is 0.720. The third kappa shape index (κ3) is 3.83. The molecule has 1 N–H and O–H groups in total. The van der Waals surface area contributed by atoms with Crippen molar-refractivity contribution in [2.75, 3.05) is 44.0 Å². The Kier molecular flexibility index (Phi) is 5.24. The van der Waals surface area contributed by atoms with Crippen molar-refractivity contribution in [1.29, 1.82) is 0 Å². The Morgan fingerprint density at radius 1 is 1.37 bits per heavy atom. The van der Waals surface area contributed by atoms with Crippen LogP contribution < -0.4 is 15.1 Å². The van der Waals surface area contributed by atoms with Crippen molar-refractivity contribution in [2.45, 2.75) is 18.8 Å². The molecule has 1 aromatic carbocycles. The van der Waals surface area contributed by atoms with Crippen LogP contribution in [0.2, 0.25) is 0 Å². The number of nitro benzene ring substituents is 1. The summed E-state index contributed by atoms with van der Waals surface area (Å²) in [5, 5.41) is 17.9. The van der Waals surface area contributed by atoms with Crippen molar-refractivity contribution in [3.63, 3.8) is 0 Å². The molecular formula is C17H22N6O4. The fourth-order valence-corrected chi connectivity index (χ4v) is 3.16. The van der Waals surface area contributed by atoms with Gasteiger partial charge in [0.2, 0.25) is 5.89 Å². The zero-order valence-corrected chi connectivity index (χ0v) is 15.5. The van der Waals surface area contributed by atoms with E-state index in [1.54, 1.807) is 17.0 Å². The highest BCUT2D eigenvalue weighted by Crippen LogP contribution is 2.35. The summed E-state index contributed by atoms with van der Waals surface area (Å²) in [6.07, 6.45) is 1.51. The van der Waals surface area contributed by atoms with Crippen LogP contribution in [0.15, 0.2) is 22.7 Å². The monoisotopic (exact) mass is 374 g/mol. The topological polar surface area (TPSA) is 118 Å². The smallest absolute Gasteiger partial charge is 0.293 e. The number of nitrogens with zero attached hydrogens (tertiary/aromatic N) is 5. The number of rotatable bonds is 5. The highest BCUT2D eigenvalue weighted by atomic mass is 16.6. The van der Waals surface area contributed by atoms with E-state index in [9.17, 15) is 14.9 Å². The molecule has 0 saturated carbocycles. The van der Waals surface area contributed by atoms with Gasteiger partial charge in [0.15, 0.2) is 0 Å². The summed E-state index contributed by atoms with van der Waals surface area (Å²) in [6, 6.07) is 4.57. The van der Waals surface area contributed by atoms with Crippen molar-refractivity contribution in [2.24, 2.45) is 0 Å². The number of hydrogen-bond acceptors (Lipinski definition) is 8. The van der Waals surface area contributed by atoms with Gasteiger partial charge in [-0.05, 0) is 30.1 Å². The van der Waals surface area contributed by atoms with Crippen LogP contribution in [0, 0.1) is 10.1 Å². The first kappa shape index (κ1) is 18.6.